The highest BCUT2D eigenvalue weighted by Gasteiger charge is 2.36. The Morgan fingerprint density at radius 3 is 2.77 bits per heavy atom. The predicted octanol–water partition coefficient (Wildman–Crippen LogP) is 4.93. The van der Waals surface area contributed by atoms with Crippen LogP contribution in [0.4, 0.5) is 0 Å². The molecule has 2 aromatic rings. The normalized spacial score (nSPS) is 19.8. The largest absolute Gasteiger partial charge is 0.475 e. The molecule has 1 aliphatic heterocycles. The van der Waals surface area contributed by atoms with Gasteiger partial charge in [0.1, 0.15) is 12.2 Å². The van der Waals surface area contributed by atoms with Gasteiger partial charge in [0.15, 0.2) is 0 Å². The molecule has 0 fully saturated rings. The van der Waals surface area contributed by atoms with E-state index >= 15 is 0 Å². The molecule has 1 aromatic carbocycles. The topological polar surface area (TPSA) is 61.3 Å². The minimum atomic E-state index is -0.287. The number of carbonyl (C=O) groups is 1. The summed E-state index contributed by atoms with van der Waals surface area (Å²) in [4.78, 5) is 12.5. The minimum Gasteiger partial charge on any atom is -0.475 e. The van der Waals surface area contributed by atoms with E-state index in [1.165, 1.54) is 31.0 Å². The van der Waals surface area contributed by atoms with Crippen LogP contribution in [0.25, 0.3) is 5.57 Å². The van der Waals surface area contributed by atoms with Crippen molar-refractivity contribution in [2.75, 3.05) is 26.7 Å². The second kappa shape index (κ2) is 10.7. The lowest BCUT2D eigenvalue weighted by Gasteiger charge is -2.41. The molecule has 2 atom stereocenters. The van der Waals surface area contributed by atoms with E-state index in [1.807, 2.05) is 25.1 Å². The van der Waals surface area contributed by atoms with Crippen molar-refractivity contribution in [3.8, 4) is 5.88 Å². The van der Waals surface area contributed by atoms with Gasteiger partial charge in [-0.25, -0.2) is 4.79 Å². The molecule has 3 rings (SSSR count). The molecule has 2 unspecified atom stereocenters. The maximum atomic E-state index is 12.5. The Morgan fingerprint density at radius 1 is 1.20 bits per heavy atom. The zero-order chi connectivity index (χ0) is 21.4. The first-order chi connectivity index (χ1) is 14.5. The number of esters is 1. The molecule has 0 saturated heterocycles. The SMILES string of the molecule is CCCCCCOc1nsnc1C1=CCC[N+](C)(C(C)OC(=O)c2ccccc2)C1. The van der Waals surface area contributed by atoms with E-state index in [0.29, 0.717) is 22.5 Å². The number of hydrogen-bond donors (Lipinski definition) is 0. The summed E-state index contributed by atoms with van der Waals surface area (Å²) >= 11 is 1.19. The molecule has 0 amide bonds. The molecule has 1 aromatic heterocycles. The van der Waals surface area contributed by atoms with Crippen LogP contribution < -0.4 is 4.74 Å². The lowest BCUT2D eigenvalue weighted by molar-refractivity contribution is -0.944. The summed E-state index contributed by atoms with van der Waals surface area (Å²) in [6, 6.07) is 9.14. The number of ether oxygens (including phenoxy) is 2. The highest BCUT2D eigenvalue weighted by molar-refractivity contribution is 6.99. The van der Waals surface area contributed by atoms with E-state index < -0.39 is 0 Å². The molecule has 0 radical (unpaired) electrons. The molecule has 162 valence electrons. The molecular formula is C23H32N3O3S+. The van der Waals surface area contributed by atoms with Crippen molar-refractivity contribution in [1.29, 1.82) is 0 Å². The number of nitrogens with zero attached hydrogens (tertiary/aromatic N) is 3. The monoisotopic (exact) mass is 430 g/mol. The van der Waals surface area contributed by atoms with Gasteiger partial charge in [0.05, 0.1) is 37.5 Å². The van der Waals surface area contributed by atoms with Crippen LogP contribution in [0.15, 0.2) is 36.4 Å². The van der Waals surface area contributed by atoms with Crippen molar-refractivity contribution >= 4 is 23.3 Å². The van der Waals surface area contributed by atoms with Gasteiger partial charge < -0.3 is 9.47 Å². The number of unbranched alkanes of at least 4 members (excludes halogenated alkanes) is 3. The van der Waals surface area contributed by atoms with Gasteiger partial charge in [0, 0.05) is 18.9 Å². The molecule has 0 bridgehead atoms. The first kappa shape index (κ1) is 22.4. The maximum absolute atomic E-state index is 12.5. The van der Waals surface area contributed by atoms with Crippen LogP contribution in [0.1, 0.15) is 62.0 Å². The average molecular weight is 431 g/mol. The lowest BCUT2D eigenvalue weighted by Crippen LogP contribution is -2.55. The number of likely N-dealkylation sites (N-methyl/N-ethyl adjacent to an activating group) is 1. The Kier molecular flexibility index (Phi) is 7.99. The van der Waals surface area contributed by atoms with E-state index in [1.54, 1.807) is 12.1 Å². The summed E-state index contributed by atoms with van der Waals surface area (Å²) in [5, 5.41) is 0. The molecule has 0 N–H and O–H groups in total. The Labute approximate surface area is 183 Å². The van der Waals surface area contributed by atoms with Crippen LogP contribution in [0, 0.1) is 0 Å². The highest BCUT2D eigenvalue weighted by Crippen LogP contribution is 2.31. The van der Waals surface area contributed by atoms with Crippen molar-refractivity contribution < 1.29 is 18.8 Å². The smallest absolute Gasteiger partial charge is 0.342 e. The fraction of sp³-hybridized carbons (Fsp3) is 0.522. The van der Waals surface area contributed by atoms with Crippen LogP contribution >= 0.6 is 11.7 Å². The van der Waals surface area contributed by atoms with Gasteiger partial charge >= 0.3 is 5.97 Å². The van der Waals surface area contributed by atoms with E-state index in [-0.39, 0.29) is 12.2 Å². The number of rotatable bonds is 10. The average Bonchev–Trinajstić information content (AvgIpc) is 3.23. The maximum Gasteiger partial charge on any atom is 0.342 e. The molecule has 0 saturated carbocycles. The number of aromatic nitrogens is 2. The van der Waals surface area contributed by atoms with Gasteiger partial charge in [0.2, 0.25) is 6.23 Å². The second-order valence-corrected chi connectivity index (χ2v) is 8.61. The van der Waals surface area contributed by atoms with E-state index in [4.69, 9.17) is 9.47 Å². The first-order valence-corrected chi connectivity index (χ1v) is 11.5. The van der Waals surface area contributed by atoms with Crippen molar-refractivity contribution in [2.45, 2.75) is 52.2 Å². The Morgan fingerprint density at radius 2 is 2.00 bits per heavy atom. The van der Waals surface area contributed by atoms with Gasteiger partial charge in [-0.3, -0.25) is 4.48 Å². The van der Waals surface area contributed by atoms with Crippen LogP contribution in [0.3, 0.4) is 0 Å². The number of hydrogen-bond acceptors (Lipinski definition) is 6. The number of benzene rings is 1. The third-order valence-electron chi connectivity index (χ3n) is 5.73. The molecule has 7 heteroatoms. The number of quaternary nitrogens is 1. The molecule has 6 nitrogen and oxygen atoms in total. The van der Waals surface area contributed by atoms with Crippen LogP contribution in [-0.2, 0) is 4.74 Å². The summed E-state index contributed by atoms with van der Waals surface area (Å²) < 4.78 is 21.2. The third kappa shape index (κ3) is 5.67. The van der Waals surface area contributed by atoms with Crippen LogP contribution in [-0.4, -0.2) is 52.2 Å². The summed E-state index contributed by atoms with van der Waals surface area (Å²) in [6.45, 7) is 6.46. The first-order valence-electron chi connectivity index (χ1n) is 10.8. The quantitative estimate of drug-likeness (QED) is 0.304. The zero-order valence-corrected chi connectivity index (χ0v) is 19.0. The van der Waals surface area contributed by atoms with E-state index in [0.717, 1.165) is 37.2 Å². The molecular weight excluding hydrogens is 398 g/mol. The molecule has 1 aliphatic rings. The fourth-order valence-corrected chi connectivity index (χ4v) is 4.17. The van der Waals surface area contributed by atoms with Crippen molar-refractivity contribution in [3.63, 3.8) is 0 Å². The van der Waals surface area contributed by atoms with Gasteiger partial charge in [-0.2, -0.15) is 4.37 Å². The fourth-order valence-electron chi connectivity index (χ4n) is 3.64. The van der Waals surface area contributed by atoms with Gasteiger partial charge in [-0.1, -0.05) is 50.5 Å². The predicted molar refractivity (Wildman–Crippen MR) is 119 cm³/mol. The summed E-state index contributed by atoms with van der Waals surface area (Å²) in [5.41, 5.74) is 2.52. The summed E-state index contributed by atoms with van der Waals surface area (Å²) in [6.07, 6.45) is 7.48. The van der Waals surface area contributed by atoms with Crippen molar-refractivity contribution in [2.24, 2.45) is 0 Å². The van der Waals surface area contributed by atoms with E-state index in [9.17, 15) is 4.79 Å². The highest BCUT2D eigenvalue weighted by atomic mass is 32.1. The number of carbonyl (C=O) groups excluding carboxylic acids is 1. The molecule has 0 aliphatic carbocycles. The minimum absolute atomic E-state index is 0.272. The zero-order valence-electron chi connectivity index (χ0n) is 18.2. The van der Waals surface area contributed by atoms with Crippen LogP contribution in [0.5, 0.6) is 5.88 Å². The van der Waals surface area contributed by atoms with Crippen molar-refractivity contribution in [1.82, 2.24) is 8.75 Å². The Bertz CT molecular complexity index is 852. The standard InChI is InChI=1S/C23H32N3O3S/c1-4-5-6-10-16-28-22-21(24-30-25-22)20-14-11-15-26(3,17-20)18(2)29-23(27)19-12-8-7-9-13-19/h7-9,12-14,18H,4-6,10-11,15-17H2,1-3H3/q+1. The third-order valence-corrected chi connectivity index (χ3v) is 6.24. The van der Waals surface area contributed by atoms with E-state index in [2.05, 4.69) is 28.8 Å². The van der Waals surface area contributed by atoms with Gasteiger partial charge in [-0.05, 0) is 18.6 Å². The van der Waals surface area contributed by atoms with Gasteiger partial charge in [-0.15, -0.1) is 4.37 Å². The van der Waals surface area contributed by atoms with Gasteiger partial charge in [0.25, 0.3) is 5.88 Å². The Balaban J connectivity index is 1.62. The summed E-state index contributed by atoms with van der Waals surface area (Å²) in [5.74, 6) is 0.343. The second-order valence-electron chi connectivity index (χ2n) is 8.08. The lowest BCUT2D eigenvalue weighted by atomic mass is 10.0. The van der Waals surface area contributed by atoms with Crippen molar-refractivity contribution in [3.05, 3.63) is 47.7 Å². The molecule has 2 heterocycles. The van der Waals surface area contributed by atoms with Crippen LogP contribution in [0.2, 0.25) is 0 Å². The summed E-state index contributed by atoms with van der Waals surface area (Å²) in [7, 11) is 2.13. The molecule has 30 heavy (non-hydrogen) atoms. The molecule has 0 spiro atoms. The Hall–Kier alpha value is -2.25.